The maximum Gasteiger partial charge on any atom is 0.337 e. The Labute approximate surface area is 158 Å². The molecule has 0 atom stereocenters. The number of nitrogens with one attached hydrogen (secondary N) is 1. The van der Waals surface area contributed by atoms with Gasteiger partial charge in [0, 0.05) is 44.3 Å². The minimum atomic E-state index is -0.426. The van der Waals surface area contributed by atoms with Crippen LogP contribution in [0.15, 0.2) is 36.7 Å². The van der Waals surface area contributed by atoms with E-state index in [9.17, 15) is 9.59 Å². The van der Waals surface area contributed by atoms with Crippen LogP contribution >= 0.6 is 0 Å². The molecule has 1 aromatic heterocycles. The van der Waals surface area contributed by atoms with Gasteiger partial charge in [0.2, 0.25) is 11.9 Å². The smallest absolute Gasteiger partial charge is 0.337 e. The van der Waals surface area contributed by atoms with E-state index >= 15 is 0 Å². The van der Waals surface area contributed by atoms with Gasteiger partial charge in [-0.1, -0.05) is 6.07 Å². The SMILES string of the molecule is COC(=O)c1ccc(C)c(NC(=O)CN2CCN(c3ncccn3)CC2)c1. The lowest BCUT2D eigenvalue weighted by Gasteiger charge is -2.34. The van der Waals surface area contributed by atoms with E-state index in [4.69, 9.17) is 4.74 Å². The van der Waals surface area contributed by atoms with Crippen LogP contribution in [0.2, 0.25) is 0 Å². The van der Waals surface area contributed by atoms with Gasteiger partial charge in [0.25, 0.3) is 0 Å². The molecule has 1 fully saturated rings. The average molecular weight is 369 g/mol. The Balaban J connectivity index is 1.54. The Bertz CT molecular complexity index is 804. The van der Waals surface area contributed by atoms with Crippen LogP contribution in [-0.2, 0) is 9.53 Å². The molecule has 2 heterocycles. The van der Waals surface area contributed by atoms with Crippen LogP contribution in [0.1, 0.15) is 15.9 Å². The lowest BCUT2D eigenvalue weighted by molar-refractivity contribution is -0.117. The van der Waals surface area contributed by atoms with Crippen LogP contribution in [0.4, 0.5) is 11.6 Å². The molecule has 0 saturated carbocycles. The normalized spacial score (nSPS) is 14.7. The van der Waals surface area contributed by atoms with Gasteiger partial charge >= 0.3 is 5.97 Å². The number of hydrogen-bond donors (Lipinski definition) is 1. The molecule has 1 saturated heterocycles. The summed E-state index contributed by atoms with van der Waals surface area (Å²) in [4.78, 5) is 36.8. The van der Waals surface area contributed by atoms with E-state index in [-0.39, 0.29) is 5.91 Å². The highest BCUT2D eigenvalue weighted by molar-refractivity contribution is 5.96. The molecule has 0 aliphatic carbocycles. The summed E-state index contributed by atoms with van der Waals surface area (Å²) >= 11 is 0. The quantitative estimate of drug-likeness (QED) is 0.796. The van der Waals surface area contributed by atoms with Crippen LogP contribution in [0.25, 0.3) is 0 Å². The fraction of sp³-hybridized carbons (Fsp3) is 0.368. The largest absolute Gasteiger partial charge is 0.465 e. The van der Waals surface area contributed by atoms with E-state index < -0.39 is 5.97 Å². The van der Waals surface area contributed by atoms with Gasteiger partial charge in [-0.3, -0.25) is 9.69 Å². The number of carbonyl (C=O) groups excluding carboxylic acids is 2. The van der Waals surface area contributed by atoms with Crippen LogP contribution < -0.4 is 10.2 Å². The van der Waals surface area contributed by atoms with E-state index in [2.05, 4.69) is 25.1 Å². The summed E-state index contributed by atoms with van der Waals surface area (Å²) in [5.74, 6) is 0.186. The highest BCUT2D eigenvalue weighted by atomic mass is 16.5. The number of methoxy groups -OCH3 is 1. The highest BCUT2D eigenvalue weighted by Crippen LogP contribution is 2.18. The van der Waals surface area contributed by atoms with Crippen molar-refractivity contribution in [1.82, 2.24) is 14.9 Å². The van der Waals surface area contributed by atoms with E-state index in [1.807, 2.05) is 6.92 Å². The molecule has 1 aromatic carbocycles. The number of aryl methyl sites for hydroxylation is 1. The first-order valence-electron chi connectivity index (χ1n) is 8.80. The topological polar surface area (TPSA) is 87.7 Å². The maximum atomic E-state index is 12.4. The second kappa shape index (κ2) is 8.59. The molecular weight excluding hydrogens is 346 g/mol. The monoisotopic (exact) mass is 369 g/mol. The van der Waals surface area contributed by atoms with E-state index in [0.29, 0.717) is 17.8 Å². The number of esters is 1. The zero-order valence-electron chi connectivity index (χ0n) is 15.5. The zero-order chi connectivity index (χ0) is 19.2. The first-order chi connectivity index (χ1) is 13.1. The summed E-state index contributed by atoms with van der Waals surface area (Å²) in [6.45, 7) is 5.24. The molecule has 1 amide bonds. The third-order valence-electron chi connectivity index (χ3n) is 4.51. The average Bonchev–Trinajstić information content (AvgIpc) is 2.70. The molecule has 27 heavy (non-hydrogen) atoms. The lowest BCUT2D eigenvalue weighted by Crippen LogP contribution is -2.49. The van der Waals surface area contributed by atoms with Gasteiger partial charge in [0.15, 0.2) is 0 Å². The summed E-state index contributed by atoms with van der Waals surface area (Å²) in [6, 6.07) is 6.91. The number of aromatic nitrogens is 2. The minimum Gasteiger partial charge on any atom is -0.465 e. The van der Waals surface area contributed by atoms with E-state index in [1.165, 1.54) is 7.11 Å². The molecule has 1 aliphatic heterocycles. The molecule has 142 valence electrons. The third kappa shape index (κ3) is 4.79. The first kappa shape index (κ1) is 18.8. The fourth-order valence-electron chi connectivity index (χ4n) is 2.95. The number of ether oxygens (including phenoxy) is 1. The van der Waals surface area contributed by atoms with Crippen molar-refractivity contribution in [3.8, 4) is 0 Å². The molecule has 1 aliphatic rings. The molecule has 0 unspecified atom stereocenters. The van der Waals surface area contributed by atoms with Crippen molar-refractivity contribution in [2.24, 2.45) is 0 Å². The Kier molecular flexibility index (Phi) is 5.97. The zero-order valence-corrected chi connectivity index (χ0v) is 15.5. The molecule has 1 N–H and O–H groups in total. The Morgan fingerprint density at radius 1 is 1.15 bits per heavy atom. The van der Waals surface area contributed by atoms with Gasteiger partial charge in [-0.05, 0) is 30.7 Å². The summed E-state index contributed by atoms with van der Waals surface area (Å²) < 4.78 is 4.73. The predicted molar refractivity (Wildman–Crippen MR) is 102 cm³/mol. The lowest BCUT2D eigenvalue weighted by atomic mass is 10.1. The van der Waals surface area contributed by atoms with Crippen LogP contribution in [0.3, 0.4) is 0 Å². The third-order valence-corrected chi connectivity index (χ3v) is 4.51. The molecule has 3 rings (SSSR count). The van der Waals surface area contributed by atoms with Gasteiger partial charge < -0.3 is 15.0 Å². The molecular formula is C19H23N5O3. The van der Waals surface area contributed by atoms with Gasteiger partial charge in [-0.2, -0.15) is 0 Å². The van der Waals surface area contributed by atoms with Crippen LogP contribution in [-0.4, -0.2) is 66.6 Å². The standard InChI is InChI=1S/C19H23N5O3/c1-14-4-5-15(18(26)27-2)12-16(14)22-17(25)13-23-8-10-24(11-9-23)19-20-6-3-7-21-19/h3-7,12H,8-11,13H2,1-2H3,(H,22,25). The number of carbonyl (C=O) groups is 2. The Morgan fingerprint density at radius 2 is 1.85 bits per heavy atom. The number of amides is 1. The van der Waals surface area contributed by atoms with Crippen molar-refractivity contribution in [2.45, 2.75) is 6.92 Å². The molecule has 0 bridgehead atoms. The Morgan fingerprint density at radius 3 is 2.52 bits per heavy atom. The highest BCUT2D eigenvalue weighted by Gasteiger charge is 2.21. The van der Waals surface area contributed by atoms with Crippen LogP contribution in [0.5, 0.6) is 0 Å². The number of piperazine rings is 1. The van der Waals surface area contributed by atoms with E-state index in [0.717, 1.165) is 37.7 Å². The van der Waals surface area contributed by atoms with Crippen molar-refractivity contribution in [3.05, 3.63) is 47.8 Å². The Hall–Kier alpha value is -3.00. The van der Waals surface area contributed by atoms with E-state index in [1.54, 1.807) is 36.7 Å². The summed E-state index contributed by atoms with van der Waals surface area (Å²) in [5, 5.41) is 2.89. The molecule has 8 heteroatoms. The molecule has 0 radical (unpaired) electrons. The van der Waals surface area contributed by atoms with Crippen molar-refractivity contribution in [2.75, 3.05) is 50.1 Å². The second-order valence-corrected chi connectivity index (χ2v) is 6.38. The van der Waals surface area contributed by atoms with Gasteiger partial charge in [-0.15, -0.1) is 0 Å². The summed E-state index contributed by atoms with van der Waals surface area (Å²) in [5.41, 5.74) is 1.93. The molecule has 2 aromatic rings. The number of rotatable bonds is 5. The van der Waals surface area contributed by atoms with Gasteiger partial charge in [-0.25, -0.2) is 14.8 Å². The second-order valence-electron chi connectivity index (χ2n) is 6.38. The van der Waals surface area contributed by atoms with Crippen molar-refractivity contribution >= 4 is 23.5 Å². The van der Waals surface area contributed by atoms with Gasteiger partial charge in [0.05, 0.1) is 19.2 Å². The molecule has 0 spiro atoms. The fourth-order valence-corrected chi connectivity index (χ4v) is 2.95. The predicted octanol–water partition coefficient (Wildman–Crippen LogP) is 1.33. The van der Waals surface area contributed by atoms with Crippen molar-refractivity contribution < 1.29 is 14.3 Å². The number of nitrogens with zero attached hydrogens (tertiary/aromatic N) is 4. The first-order valence-corrected chi connectivity index (χ1v) is 8.80. The number of anilines is 2. The number of hydrogen-bond acceptors (Lipinski definition) is 7. The van der Waals surface area contributed by atoms with Crippen molar-refractivity contribution in [3.63, 3.8) is 0 Å². The van der Waals surface area contributed by atoms with Crippen molar-refractivity contribution in [1.29, 1.82) is 0 Å². The summed E-state index contributed by atoms with van der Waals surface area (Å²) in [7, 11) is 1.33. The number of benzene rings is 1. The van der Waals surface area contributed by atoms with Gasteiger partial charge in [0.1, 0.15) is 0 Å². The minimum absolute atomic E-state index is 0.107. The maximum absolute atomic E-state index is 12.4. The molecule has 8 nitrogen and oxygen atoms in total. The summed E-state index contributed by atoms with van der Waals surface area (Å²) in [6.07, 6.45) is 3.46. The van der Waals surface area contributed by atoms with Crippen LogP contribution in [0, 0.1) is 6.92 Å².